The van der Waals surface area contributed by atoms with Crippen molar-refractivity contribution in [1.82, 2.24) is 0 Å². The first-order valence-corrected chi connectivity index (χ1v) is 15.2. The topological polar surface area (TPSA) is 9.23 Å². The Morgan fingerprint density at radius 3 is 1.60 bits per heavy atom. The van der Waals surface area contributed by atoms with Crippen LogP contribution in [0.15, 0.2) is 36.4 Å². The van der Waals surface area contributed by atoms with Crippen molar-refractivity contribution in [3.05, 3.63) is 88.0 Å². The van der Waals surface area contributed by atoms with Crippen molar-refractivity contribution in [1.29, 1.82) is 0 Å². The standard InChI is InChI=1S/C35H38F6O/c1-3-4-19-42-29-18-17-26(32(38)35(29)41)24-12-8-22(9-13-24)21-6-10-23(11-7-21)25-15-16-28(34(40)31(25)37)27-14-5-20(2)30(36)33(27)39/h5,14-18,21-24H,3-4,6-13,19H2,1-2H3. The highest BCUT2D eigenvalue weighted by Crippen LogP contribution is 2.47. The van der Waals surface area contributed by atoms with Gasteiger partial charge in [-0.15, -0.1) is 0 Å². The van der Waals surface area contributed by atoms with E-state index in [0.717, 1.165) is 51.4 Å². The van der Waals surface area contributed by atoms with Gasteiger partial charge in [0.2, 0.25) is 5.82 Å². The fourth-order valence-corrected chi connectivity index (χ4v) is 7.04. The molecular weight excluding hydrogens is 550 g/mol. The fourth-order valence-electron chi connectivity index (χ4n) is 7.04. The Kier molecular flexibility index (Phi) is 9.54. The van der Waals surface area contributed by atoms with Crippen LogP contribution in [0.1, 0.15) is 99.7 Å². The minimum atomic E-state index is -1.18. The molecule has 0 saturated heterocycles. The lowest BCUT2D eigenvalue weighted by molar-refractivity contribution is 0.175. The van der Waals surface area contributed by atoms with Crippen LogP contribution < -0.4 is 4.74 Å². The zero-order valence-electron chi connectivity index (χ0n) is 24.2. The molecule has 0 aromatic heterocycles. The minimum Gasteiger partial charge on any atom is -0.490 e. The van der Waals surface area contributed by atoms with Gasteiger partial charge in [-0.25, -0.2) is 22.0 Å². The molecule has 0 atom stereocenters. The summed E-state index contributed by atoms with van der Waals surface area (Å²) in [6.45, 7) is 3.78. The van der Waals surface area contributed by atoms with Gasteiger partial charge in [-0.1, -0.05) is 43.7 Å². The van der Waals surface area contributed by atoms with Gasteiger partial charge in [0.25, 0.3) is 0 Å². The molecule has 226 valence electrons. The van der Waals surface area contributed by atoms with Gasteiger partial charge < -0.3 is 4.74 Å². The Morgan fingerprint density at radius 1 is 0.571 bits per heavy atom. The fraction of sp³-hybridized carbons (Fsp3) is 0.486. The molecule has 3 aromatic carbocycles. The smallest absolute Gasteiger partial charge is 0.200 e. The predicted molar refractivity (Wildman–Crippen MR) is 153 cm³/mol. The van der Waals surface area contributed by atoms with Gasteiger partial charge in [0, 0.05) is 11.1 Å². The van der Waals surface area contributed by atoms with Crippen LogP contribution in [0.3, 0.4) is 0 Å². The van der Waals surface area contributed by atoms with Crippen LogP contribution in [0.2, 0.25) is 0 Å². The van der Waals surface area contributed by atoms with Crippen LogP contribution in [-0.2, 0) is 0 Å². The summed E-state index contributed by atoms with van der Waals surface area (Å²) in [4.78, 5) is 0. The average molecular weight is 589 g/mol. The van der Waals surface area contributed by atoms with E-state index in [4.69, 9.17) is 4.74 Å². The number of ether oxygens (including phenoxy) is 1. The quantitative estimate of drug-likeness (QED) is 0.188. The number of hydrogen-bond acceptors (Lipinski definition) is 1. The lowest BCUT2D eigenvalue weighted by atomic mass is 9.67. The lowest BCUT2D eigenvalue weighted by Gasteiger charge is -2.38. The molecule has 42 heavy (non-hydrogen) atoms. The molecule has 2 fully saturated rings. The van der Waals surface area contributed by atoms with Crippen molar-refractivity contribution in [2.75, 3.05) is 6.61 Å². The average Bonchev–Trinajstić information content (AvgIpc) is 3.00. The summed E-state index contributed by atoms with van der Waals surface area (Å²) in [5.74, 6) is -5.38. The lowest BCUT2D eigenvalue weighted by Crippen LogP contribution is -2.25. The number of rotatable bonds is 8. The number of benzene rings is 3. The largest absolute Gasteiger partial charge is 0.490 e. The molecule has 0 spiro atoms. The normalized spacial score (nSPS) is 22.8. The molecule has 7 heteroatoms. The first-order valence-electron chi connectivity index (χ1n) is 15.2. The molecule has 2 aliphatic carbocycles. The third kappa shape index (κ3) is 6.07. The second kappa shape index (κ2) is 13.1. The van der Waals surface area contributed by atoms with Crippen molar-refractivity contribution < 1.29 is 31.1 Å². The first kappa shape index (κ1) is 30.5. The molecule has 0 heterocycles. The van der Waals surface area contributed by atoms with Crippen molar-refractivity contribution in [3.63, 3.8) is 0 Å². The van der Waals surface area contributed by atoms with E-state index in [9.17, 15) is 17.6 Å². The van der Waals surface area contributed by atoms with E-state index in [0.29, 0.717) is 36.8 Å². The molecule has 2 saturated carbocycles. The summed E-state index contributed by atoms with van der Waals surface area (Å²) in [6.07, 6.45) is 8.31. The molecule has 0 N–H and O–H groups in total. The van der Waals surface area contributed by atoms with Gasteiger partial charge in [0.15, 0.2) is 34.8 Å². The highest BCUT2D eigenvalue weighted by Gasteiger charge is 2.34. The maximum absolute atomic E-state index is 15.2. The minimum absolute atomic E-state index is 0.0285. The second-order valence-electron chi connectivity index (χ2n) is 12.1. The van der Waals surface area contributed by atoms with Gasteiger partial charge in [-0.2, -0.15) is 4.39 Å². The van der Waals surface area contributed by atoms with Crippen LogP contribution >= 0.6 is 0 Å². The zero-order chi connectivity index (χ0) is 30.0. The summed E-state index contributed by atoms with van der Waals surface area (Å²) in [7, 11) is 0. The molecule has 5 rings (SSSR count). The predicted octanol–water partition coefficient (Wildman–Crippen LogP) is 10.9. The van der Waals surface area contributed by atoms with E-state index in [1.54, 1.807) is 12.1 Å². The van der Waals surface area contributed by atoms with Crippen molar-refractivity contribution in [2.24, 2.45) is 11.8 Å². The van der Waals surface area contributed by atoms with E-state index in [1.807, 2.05) is 6.92 Å². The van der Waals surface area contributed by atoms with Crippen LogP contribution in [0.5, 0.6) is 5.75 Å². The Hall–Kier alpha value is -2.96. The van der Waals surface area contributed by atoms with Crippen LogP contribution in [0.25, 0.3) is 11.1 Å². The highest BCUT2D eigenvalue weighted by molar-refractivity contribution is 5.66. The Labute approximate surface area is 244 Å². The summed E-state index contributed by atoms with van der Waals surface area (Å²) in [6, 6.07) is 8.69. The van der Waals surface area contributed by atoms with Gasteiger partial charge in [-0.05, 0) is 111 Å². The van der Waals surface area contributed by atoms with Crippen LogP contribution in [-0.4, -0.2) is 6.61 Å². The van der Waals surface area contributed by atoms with Crippen molar-refractivity contribution in [3.8, 4) is 16.9 Å². The van der Waals surface area contributed by atoms with Crippen molar-refractivity contribution >= 4 is 0 Å². The Morgan fingerprint density at radius 2 is 1.05 bits per heavy atom. The molecule has 0 aliphatic heterocycles. The Balaban J connectivity index is 1.18. The molecule has 0 amide bonds. The van der Waals surface area contributed by atoms with Gasteiger partial charge in [0.1, 0.15) is 0 Å². The van der Waals surface area contributed by atoms with E-state index in [-0.39, 0.29) is 39.8 Å². The maximum Gasteiger partial charge on any atom is 0.200 e. The number of hydrogen-bond donors (Lipinski definition) is 0. The van der Waals surface area contributed by atoms with Crippen LogP contribution in [0.4, 0.5) is 26.3 Å². The molecule has 0 unspecified atom stereocenters. The highest BCUT2D eigenvalue weighted by atomic mass is 19.2. The van der Waals surface area contributed by atoms with Gasteiger partial charge >= 0.3 is 0 Å². The molecule has 0 bridgehead atoms. The summed E-state index contributed by atoms with van der Waals surface area (Å²) in [5.41, 5.74) is 0.229. The summed E-state index contributed by atoms with van der Waals surface area (Å²) >= 11 is 0. The molecular formula is C35H38F6O. The van der Waals surface area contributed by atoms with E-state index >= 15 is 8.78 Å². The summed E-state index contributed by atoms with van der Waals surface area (Å²) < 4.78 is 93.7. The molecule has 2 aliphatic rings. The van der Waals surface area contributed by atoms with Crippen molar-refractivity contribution in [2.45, 2.75) is 89.9 Å². The molecule has 1 nitrogen and oxygen atoms in total. The number of halogens is 6. The van der Waals surface area contributed by atoms with E-state index in [1.165, 1.54) is 31.2 Å². The maximum atomic E-state index is 15.2. The van der Waals surface area contributed by atoms with E-state index in [2.05, 4.69) is 0 Å². The number of unbranched alkanes of at least 4 members (excludes halogenated alkanes) is 1. The number of aryl methyl sites for hydroxylation is 1. The Bertz CT molecular complexity index is 1400. The third-order valence-corrected chi connectivity index (χ3v) is 9.60. The zero-order valence-corrected chi connectivity index (χ0v) is 24.2. The third-order valence-electron chi connectivity index (χ3n) is 9.60. The first-order chi connectivity index (χ1) is 20.2. The molecule has 0 radical (unpaired) electrons. The van der Waals surface area contributed by atoms with Gasteiger partial charge in [-0.3, -0.25) is 0 Å². The SMILES string of the molecule is CCCCOc1ccc(C2CCC(C3CCC(c4ccc(-c5ccc(C)c(F)c5F)c(F)c4F)CC3)CC2)c(F)c1F. The van der Waals surface area contributed by atoms with Gasteiger partial charge in [0.05, 0.1) is 6.61 Å². The monoisotopic (exact) mass is 588 g/mol. The second-order valence-corrected chi connectivity index (χ2v) is 12.1. The summed E-state index contributed by atoms with van der Waals surface area (Å²) in [5, 5.41) is 0. The van der Waals surface area contributed by atoms with Crippen LogP contribution in [0, 0.1) is 53.7 Å². The molecule has 3 aromatic rings. The van der Waals surface area contributed by atoms with E-state index < -0.39 is 34.9 Å².